The van der Waals surface area contributed by atoms with Crippen molar-refractivity contribution in [1.29, 1.82) is 0 Å². The Hall–Kier alpha value is -1.75. The van der Waals surface area contributed by atoms with Gasteiger partial charge in [-0.1, -0.05) is 12.1 Å². The van der Waals surface area contributed by atoms with Crippen LogP contribution in [0.1, 0.15) is 18.9 Å². The van der Waals surface area contributed by atoms with E-state index in [1.54, 1.807) is 6.07 Å². The lowest BCUT2D eigenvalue weighted by Crippen LogP contribution is -2.07. The van der Waals surface area contributed by atoms with Crippen LogP contribution in [-0.4, -0.2) is 37.3 Å². The van der Waals surface area contributed by atoms with Crippen molar-refractivity contribution in [3.05, 3.63) is 23.8 Å². The van der Waals surface area contributed by atoms with Crippen molar-refractivity contribution in [2.45, 2.75) is 13.3 Å². The van der Waals surface area contributed by atoms with Gasteiger partial charge in [0.15, 0.2) is 0 Å². The second-order valence-corrected chi connectivity index (χ2v) is 3.95. The van der Waals surface area contributed by atoms with Gasteiger partial charge in [0.25, 0.3) is 0 Å². The molecule has 5 heteroatoms. The first-order valence-electron chi connectivity index (χ1n) is 6.04. The summed E-state index contributed by atoms with van der Waals surface area (Å²) in [6.07, 6.45) is 1.01. The van der Waals surface area contributed by atoms with Crippen LogP contribution in [0.4, 0.5) is 0 Å². The number of fused-ring (bicyclic) bond motifs is 1. The molecule has 18 heavy (non-hydrogen) atoms. The third-order valence-electron chi connectivity index (χ3n) is 2.59. The van der Waals surface area contributed by atoms with Gasteiger partial charge in [0, 0.05) is 18.2 Å². The van der Waals surface area contributed by atoms with Crippen LogP contribution < -0.4 is 9.47 Å². The zero-order valence-corrected chi connectivity index (χ0v) is 10.4. The molecular weight excluding hydrogens is 234 g/mol. The predicted octanol–water partition coefficient (Wildman–Crippen LogP) is 2.06. The Morgan fingerprint density at radius 1 is 1.33 bits per heavy atom. The number of benzene rings is 1. The molecule has 0 atom stereocenters. The van der Waals surface area contributed by atoms with Gasteiger partial charge in [-0.3, -0.25) is 0 Å². The maximum atomic E-state index is 8.77. The zero-order valence-electron chi connectivity index (χ0n) is 10.4. The summed E-state index contributed by atoms with van der Waals surface area (Å²) in [6.45, 7) is 4.22. The predicted molar refractivity (Wildman–Crippen MR) is 66.9 cm³/mol. The highest BCUT2D eigenvalue weighted by molar-refractivity contribution is 6.05. The number of hydrogen-bond donors (Lipinski definition) is 1. The molecule has 1 N–H and O–H groups in total. The first-order chi connectivity index (χ1) is 8.85. The highest BCUT2D eigenvalue weighted by atomic mass is 16.5. The van der Waals surface area contributed by atoms with Gasteiger partial charge in [0.1, 0.15) is 30.4 Å². The van der Waals surface area contributed by atoms with Crippen LogP contribution in [0.3, 0.4) is 0 Å². The fraction of sp³-hybridized carbons (Fsp3) is 0.462. The van der Waals surface area contributed by atoms with Gasteiger partial charge in [-0.05, 0) is 18.6 Å². The molecule has 0 radical (unpaired) electrons. The minimum atomic E-state index is 0.300. The van der Waals surface area contributed by atoms with Gasteiger partial charge < -0.3 is 19.4 Å². The summed E-state index contributed by atoms with van der Waals surface area (Å²) in [4.78, 5) is 0. The highest BCUT2D eigenvalue weighted by Gasteiger charge is 2.20. The Morgan fingerprint density at radius 2 is 2.22 bits per heavy atom. The first kappa shape index (κ1) is 12.7. The maximum absolute atomic E-state index is 8.77. The van der Waals surface area contributed by atoms with Crippen molar-refractivity contribution in [3.8, 4) is 11.5 Å². The van der Waals surface area contributed by atoms with Gasteiger partial charge in [0.05, 0.1) is 6.61 Å². The first-order valence-corrected chi connectivity index (χ1v) is 6.04. The van der Waals surface area contributed by atoms with Gasteiger partial charge in [-0.15, -0.1) is 0 Å². The van der Waals surface area contributed by atoms with Crippen molar-refractivity contribution in [2.24, 2.45) is 5.16 Å². The number of rotatable bonds is 6. The Morgan fingerprint density at radius 3 is 3.00 bits per heavy atom. The molecule has 1 aromatic rings. The van der Waals surface area contributed by atoms with Gasteiger partial charge in [-0.2, -0.15) is 0 Å². The minimum Gasteiger partial charge on any atom is -0.491 e. The molecule has 0 saturated heterocycles. The molecule has 0 saturated carbocycles. The Bertz CT molecular complexity index is 431. The lowest BCUT2D eigenvalue weighted by atomic mass is 10.1. The SMILES string of the molecule is CCCOCCOc1ccc2c(c1)OC/C2=N\O. The number of hydrogen-bond acceptors (Lipinski definition) is 5. The highest BCUT2D eigenvalue weighted by Crippen LogP contribution is 2.29. The summed E-state index contributed by atoms with van der Waals surface area (Å²) in [5.74, 6) is 1.42. The van der Waals surface area contributed by atoms with E-state index in [1.165, 1.54) is 0 Å². The van der Waals surface area contributed by atoms with Gasteiger partial charge in [-0.25, -0.2) is 0 Å². The van der Waals surface area contributed by atoms with E-state index in [-0.39, 0.29) is 0 Å². The summed E-state index contributed by atoms with van der Waals surface area (Å²) in [6, 6.07) is 5.46. The van der Waals surface area contributed by atoms with Crippen molar-refractivity contribution >= 4 is 5.71 Å². The average Bonchev–Trinajstić information content (AvgIpc) is 2.80. The topological polar surface area (TPSA) is 60.3 Å². The quantitative estimate of drug-likeness (QED) is 0.477. The molecule has 1 aromatic carbocycles. The van der Waals surface area contributed by atoms with E-state index in [2.05, 4.69) is 12.1 Å². The fourth-order valence-corrected chi connectivity index (χ4v) is 1.72. The van der Waals surface area contributed by atoms with Crippen LogP contribution in [0.15, 0.2) is 23.4 Å². The van der Waals surface area contributed by atoms with Crippen LogP contribution >= 0.6 is 0 Å². The Labute approximate surface area is 106 Å². The third kappa shape index (κ3) is 2.92. The number of nitrogens with zero attached hydrogens (tertiary/aromatic N) is 1. The maximum Gasteiger partial charge on any atom is 0.134 e. The van der Waals surface area contributed by atoms with Crippen LogP contribution in [0.25, 0.3) is 0 Å². The van der Waals surface area contributed by atoms with E-state index in [1.807, 2.05) is 12.1 Å². The van der Waals surface area contributed by atoms with Crippen molar-refractivity contribution in [1.82, 2.24) is 0 Å². The number of ether oxygens (including phenoxy) is 3. The molecule has 5 nitrogen and oxygen atoms in total. The molecule has 0 bridgehead atoms. The lowest BCUT2D eigenvalue weighted by Gasteiger charge is -2.07. The minimum absolute atomic E-state index is 0.300. The lowest BCUT2D eigenvalue weighted by molar-refractivity contribution is 0.101. The molecule has 0 aromatic heterocycles. The molecule has 0 aliphatic carbocycles. The second-order valence-electron chi connectivity index (χ2n) is 3.95. The van der Waals surface area contributed by atoms with E-state index in [9.17, 15) is 0 Å². The van der Waals surface area contributed by atoms with Crippen molar-refractivity contribution in [3.63, 3.8) is 0 Å². The zero-order chi connectivity index (χ0) is 12.8. The van der Waals surface area contributed by atoms with E-state index < -0.39 is 0 Å². The Kier molecular flexibility index (Phi) is 4.41. The van der Waals surface area contributed by atoms with Gasteiger partial charge in [0.2, 0.25) is 0 Å². The molecule has 1 aliphatic rings. The normalized spacial score (nSPS) is 15.5. The molecule has 98 valence electrons. The Balaban J connectivity index is 1.88. The van der Waals surface area contributed by atoms with E-state index in [0.717, 1.165) is 24.3 Å². The third-order valence-corrected chi connectivity index (χ3v) is 2.59. The molecule has 2 rings (SSSR count). The van der Waals surface area contributed by atoms with Gasteiger partial charge >= 0.3 is 0 Å². The molecule has 0 amide bonds. The summed E-state index contributed by atoms with van der Waals surface area (Å²) >= 11 is 0. The number of oxime groups is 1. The standard InChI is InChI=1S/C13H17NO4/c1-2-5-16-6-7-17-10-3-4-11-12(14-15)9-18-13(11)8-10/h3-4,8,15H,2,5-7,9H2,1H3/b14-12+. The summed E-state index contributed by atoms with van der Waals surface area (Å²) in [5, 5.41) is 12.0. The average molecular weight is 251 g/mol. The second kappa shape index (κ2) is 6.26. The van der Waals surface area contributed by atoms with E-state index >= 15 is 0 Å². The van der Waals surface area contributed by atoms with Crippen molar-refractivity contribution in [2.75, 3.05) is 26.4 Å². The fourth-order valence-electron chi connectivity index (χ4n) is 1.72. The van der Waals surface area contributed by atoms with Crippen LogP contribution in [0.5, 0.6) is 11.5 Å². The van der Waals surface area contributed by atoms with E-state index in [0.29, 0.717) is 31.3 Å². The van der Waals surface area contributed by atoms with Crippen LogP contribution in [0, 0.1) is 0 Å². The molecule has 0 fully saturated rings. The molecule has 0 spiro atoms. The summed E-state index contributed by atoms with van der Waals surface area (Å²) in [5.41, 5.74) is 1.36. The summed E-state index contributed by atoms with van der Waals surface area (Å²) in [7, 11) is 0. The van der Waals surface area contributed by atoms with E-state index in [4.69, 9.17) is 19.4 Å². The van der Waals surface area contributed by atoms with Crippen LogP contribution in [0.2, 0.25) is 0 Å². The van der Waals surface area contributed by atoms with Crippen molar-refractivity contribution < 1.29 is 19.4 Å². The molecule has 0 unspecified atom stereocenters. The smallest absolute Gasteiger partial charge is 0.134 e. The summed E-state index contributed by atoms with van der Waals surface area (Å²) < 4.78 is 16.2. The molecular formula is C13H17NO4. The largest absolute Gasteiger partial charge is 0.491 e. The monoisotopic (exact) mass is 251 g/mol. The molecule has 1 aliphatic heterocycles. The van der Waals surface area contributed by atoms with Crippen LogP contribution in [-0.2, 0) is 4.74 Å². The molecule has 1 heterocycles.